The van der Waals surface area contributed by atoms with E-state index < -0.39 is 5.60 Å². The third kappa shape index (κ3) is 3.57. The number of nitrogens with one attached hydrogen (secondary N) is 1. The van der Waals surface area contributed by atoms with Gasteiger partial charge in [-0.3, -0.25) is 4.90 Å². The minimum absolute atomic E-state index is 0.526. The number of hydrogen-bond acceptors (Lipinski definition) is 6. The van der Waals surface area contributed by atoms with Crippen LogP contribution in [0.3, 0.4) is 0 Å². The number of para-hydroxylation sites is 1. The van der Waals surface area contributed by atoms with Crippen molar-refractivity contribution in [1.29, 1.82) is 0 Å². The molecule has 2 heterocycles. The van der Waals surface area contributed by atoms with Gasteiger partial charge >= 0.3 is 0 Å². The van der Waals surface area contributed by atoms with E-state index in [1.807, 2.05) is 44.3 Å². The highest BCUT2D eigenvalue weighted by Crippen LogP contribution is 2.38. The summed E-state index contributed by atoms with van der Waals surface area (Å²) < 4.78 is 11.6. The van der Waals surface area contributed by atoms with Crippen molar-refractivity contribution in [2.75, 3.05) is 45.7 Å². The molecule has 0 spiro atoms. The van der Waals surface area contributed by atoms with Crippen LogP contribution < -0.4 is 14.8 Å². The molecule has 1 aliphatic heterocycles. The second-order valence-corrected chi connectivity index (χ2v) is 7.68. The third-order valence-electron chi connectivity index (χ3n) is 5.22. The van der Waals surface area contributed by atoms with Gasteiger partial charge in [0.2, 0.25) is 0 Å². The lowest BCUT2D eigenvalue weighted by Crippen LogP contribution is -2.59. The molecule has 0 unspecified atom stereocenters. The summed E-state index contributed by atoms with van der Waals surface area (Å²) in [7, 11) is 3.58. The lowest BCUT2D eigenvalue weighted by atomic mass is 9.97. The van der Waals surface area contributed by atoms with Crippen molar-refractivity contribution in [3.05, 3.63) is 36.4 Å². The standard InChI is InChI=1S/C22H27N3O3/c1-22(26)13-25(14-22)9-6-10-28-20-12-18-16(11-19(20)27-3)21(23-2)15-7-4-5-8-17(15)24-18/h4-5,7-8,11-12,26H,6,9-10,13-14H2,1-3H3,(H,23,24). The first-order chi connectivity index (χ1) is 13.5. The summed E-state index contributed by atoms with van der Waals surface area (Å²) in [5.74, 6) is 1.41. The van der Waals surface area contributed by atoms with E-state index in [-0.39, 0.29) is 0 Å². The number of aromatic nitrogens is 1. The minimum Gasteiger partial charge on any atom is -0.493 e. The van der Waals surface area contributed by atoms with Gasteiger partial charge in [0.1, 0.15) is 0 Å². The van der Waals surface area contributed by atoms with E-state index in [2.05, 4.69) is 16.3 Å². The van der Waals surface area contributed by atoms with Gasteiger partial charge in [0.15, 0.2) is 11.5 Å². The van der Waals surface area contributed by atoms with E-state index >= 15 is 0 Å². The van der Waals surface area contributed by atoms with Crippen LogP contribution in [0.4, 0.5) is 5.69 Å². The fraction of sp³-hybridized carbons (Fsp3) is 0.409. The number of rotatable bonds is 7. The molecule has 0 amide bonds. The number of methoxy groups -OCH3 is 1. The van der Waals surface area contributed by atoms with Crippen LogP contribution in [0.2, 0.25) is 0 Å². The van der Waals surface area contributed by atoms with Gasteiger partial charge in [0.25, 0.3) is 0 Å². The Bertz CT molecular complexity index is 995. The zero-order valence-electron chi connectivity index (χ0n) is 16.7. The first-order valence-electron chi connectivity index (χ1n) is 9.66. The van der Waals surface area contributed by atoms with Gasteiger partial charge in [0.05, 0.1) is 36.0 Å². The van der Waals surface area contributed by atoms with Crippen molar-refractivity contribution in [3.8, 4) is 11.5 Å². The Morgan fingerprint density at radius 2 is 1.93 bits per heavy atom. The number of pyridine rings is 1. The molecule has 0 aliphatic carbocycles. The fourth-order valence-electron chi connectivity index (χ4n) is 3.99. The summed E-state index contributed by atoms with van der Waals surface area (Å²) in [4.78, 5) is 7.04. The number of benzene rings is 2. The average Bonchev–Trinajstić information content (AvgIpc) is 2.67. The van der Waals surface area contributed by atoms with E-state index in [0.29, 0.717) is 18.1 Å². The number of likely N-dealkylation sites (tertiary alicyclic amines) is 1. The first kappa shape index (κ1) is 18.8. The van der Waals surface area contributed by atoms with E-state index in [1.165, 1.54) is 0 Å². The monoisotopic (exact) mass is 381 g/mol. The molecule has 6 nitrogen and oxygen atoms in total. The molecule has 2 N–H and O–H groups in total. The Labute approximate surface area is 165 Å². The third-order valence-corrected chi connectivity index (χ3v) is 5.22. The molecule has 148 valence electrons. The summed E-state index contributed by atoms with van der Waals surface area (Å²) in [5.41, 5.74) is 2.33. The van der Waals surface area contributed by atoms with E-state index in [0.717, 1.165) is 53.5 Å². The molecule has 0 atom stereocenters. The van der Waals surface area contributed by atoms with E-state index in [1.54, 1.807) is 7.11 Å². The molecule has 2 aromatic carbocycles. The Morgan fingerprint density at radius 3 is 2.64 bits per heavy atom. The second kappa shape index (κ2) is 7.45. The van der Waals surface area contributed by atoms with Crippen LogP contribution in [0, 0.1) is 0 Å². The first-order valence-corrected chi connectivity index (χ1v) is 9.66. The summed E-state index contributed by atoms with van der Waals surface area (Å²) in [5, 5.41) is 15.2. The Hall–Kier alpha value is -2.57. The van der Waals surface area contributed by atoms with Gasteiger partial charge in [0, 0.05) is 43.5 Å². The lowest BCUT2D eigenvalue weighted by molar-refractivity contribution is -0.0840. The number of β-amino-alcohol motifs (C(OH)–C–C–N with tert-alkyl or cyclic N) is 1. The topological polar surface area (TPSA) is 66.9 Å². The number of aliphatic hydroxyl groups is 1. The highest BCUT2D eigenvalue weighted by atomic mass is 16.5. The van der Waals surface area contributed by atoms with Crippen molar-refractivity contribution in [2.45, 2.75) is 18.9 Å². The molecular weight excluding hydrogens is 354 g/mol. The van der Waals surface area contributed by atoms with Crippen molar-refractivity contribution in [3.63, 3.8) is 0 Å². The lowest BCUT2D eigenvalue weighted by Gasteiger charge is -2.44. The molecule has 4 rings (SSSR count). The minimum atomic E-state index is -0.526. The van der Waals surface area contributed by atoms with Gasteiger partial charge in [-0.2, -0.15) is 0 Å². The van der Waals surface area contributed by atoms with Crippen LogP contribution in [0.15, 0.2) is 36.4 Å². The molecule has 1 saturated heterocycles. The molecule has 28 heavy (non-hydrogen) atoms. The molecule has 0 radical (unpaired) electrons. The quantitative estimate of drug-likeness (QED) is 0.484. The summed E-state index contributed by atoms with van der Waals surface area (Å²) in [6.07, 6.45) is 0.893. The predicted octanol–water partition coefficient (Wildman–Crippen LogP) is 3.27. The number of fused-ring (bicyclic) bond motifs is 2. The number of nitrogens with zero attached hydrogens (tertiary/aromatic N) is 2. The van der Waals surface area contributed by atoms with Gasteiger partial charge in [-0.15, -0.1) is 0 Å². The summed E-state index contributed by atoms with van der Waals surface area (Å²) >= 11 is 0. The van der Waals surface area contributed by atoms with Crippen molar-refractivity contribution in [1.82, 2.24) is 9.88 Å². The van der Waals surface area contributed by atoms with Crippen LogP contribution in [0.5, 0.6) is 11.5 Å². The molecule has 0 saturated carbocycles. The molecule has 1 fully saturated rings. The number of ether oxygens (including phenoxy) is 2. The van der Waals surface area contributed by atoms with E-state index in [9.17, 15) is 5.11 Å². The van der Waals surface area contributed by atoms with Crippen LogP contribution >= 0.6 is 0 Å². The molecule has 6 heteroatoms. The average molecular weight is 381 g/mol. The number of anilines is 1. The fourth-order valence-corrected chi connectivity index (χ4v) is 3.99. The zero-order valence-corrected chi connectivity index (χ0v) is 16.7. The zero-order chi connectivity index (χ0) is 19.7. The largest absolute Gasteiger partial charge is 0.493 e. The Kier molecular flexibility index (Phi) is 5.00. The SMILES string of the molecule is CNc1c2ccccc2nc2cc(OCCCN3CC(C)(O)C3)c(OC)cc12. The maximum Gasteiger partial charge on any atom is 0.163 e. The maximum absolute atomic E-state index is 9.80. The second-order valence-electron chi connectivity index (χ2n) is 7.68. The molecule has 3 aromatic rings. The van der Waals surface area contributed by atoms with Crippen molar-refractivity contribution >= 4 is 27.5 Å². The molecular formula is C22H27N3O3. The smallest absolute Gasteiger partial charge is 0.163 e. The van der Waals surface area contributed by atoms with Crippen LogP contribution in [0.1, 0.15) is 13.3 Å². The van der Waals surface area contributed by atoms with E-state index in [4.69, 9.17) is 14.5 Å². The van der Waals surface area contributed by atoms with Gasteiger partial charge in [-0.05, 0) is 25.5 Å². The highest BCUT2D eigenvalue weighted by molar-refractivity contribution is 6.08. The highest BCUT2D eigenvalue weighted by Gasteiger charge is 2.35. The van der Waals surface area contributed by atoms with Crippen LogP contribution in [0.25, 0.3) is 21.8 Å². The summed E-state index contributed by atoms with van der Waals surface area (Å²) in [6, 6.07) is 12.0. The normalized spacial score (nSPS) is 16.1. The Morgan fingerprint density at radius 1 is 1.14 bits per heavy atom. The van der Waals surface area contributed by atoms with Gasteiger partial charge in [-0.1, -0.05) is 18.2 Å². The van der Waals surface area contributed by atoms with Crippen molar-refractivity contribution < 1.29 is 14.6 Å². The predicted molar refractivity (Wildman–Crippen MR) is 113 cm³/mol. The molecule has 1 aliphatic rings. The Balaban J connectivity index is 1.55. The number of hydrogen-bond donors (Lipinski definition) is 2. The van der Waals surface area contributed by atoms with Gasteiger partial charge in [-0.25, -0.2) is 4.98 Å². The molecule has 0 bridgehead atoms. The summed E-state index contributed by atoms with van der Waals surface area (Å²) in [6.45, 7) is 4.84. The van der Waals surface area contributed by atoms with Crippen molar-refractivity contribution in [2.24, 2.45) is 0 Å². The van der Waals surface area contributed by atoms with Gasteiger partial charge < -0.3 is 19.9 Å². The van der Waals surface area contributed by atoms with Crippen LogP contribution in [-0.4, -0.2) is 61.0 Å². The maximum atomic E-state index is 9.80. The van der Waals surface area contributed by atoms with Crippen LogP contribution in [-0.2, 0) is 0 Å². The molecule has 1 aromatic heterocycles.